The number of nitrogens with zero attached hydrogens (tertiary/aromatic N) is 2. The van der Waals surface area contributed by atoms with Gasteiger partial charge in [0.05, 0.1) is 5.56 Å². The quantitative estimate of drug-likeness (QED) is 0.701. The van der Waals surface area contributed by atoms with E-state index in [0.29, 0.717) is 0 Å². The molecule has 0 spiro atoms. The Morgan fingerprint density at radius 2 is 1.43 bits per heavy atom. The minimum atomic E-state index is -4.32. The predicted octanol–water partition coefficient (Wildman–Crippen LogP) is 4.84. The van der Waals surface area contributed by atoms with Crippen LogP contribution in [0.3, 0.4) is 0 Å². The van der Waals surface area contributed by atoms with Gasteiger partial charge in [0.2, 0.25) is 0 Å². The minimum absolute atomic E-state index is 0.637. The SMILES string of the molecule is FC(F)(F)c1ccc(-c2cccc(-c3ccnc(N4CCNCC4)c3)c2)cc1. The molecule has 0 amide bonds. The fourth-order valence-corrected chi connectivity index (χ4v) is 3.39. The van der Waals surface area contributed by atoms with E-state index >= 15 is 0 Å². The molecule has 0 radical (unpaired) electrons. The van der Waals surface area contributed by atoms with Gasteiger partial charge in [-0.05, 0) is 52.6 Å². The summed E-state index contributed by atoms with van der Waals surface area (Å²) >= 11 is 0. The summed E-state index contributed by atoms with van der Waals surface area (Å²) in [5.74, 6) is 0.943. The van der Waals surface area contributed by atoms with Gasteiger partial charge in [-0.25, -0.2) is 4.98 Å². The van der Waals surface area contributed by atoms with Crippen LogP contribution < -0.4 is 10.2 Å². The summed E-state index contributed by atoms with van der Waals surface area (Å²) in [7, 11) is 0. The van der Waals surface area contributed by atoms with Crippen molar-refractivity contribution in [2.24, 2.45) is 0 Å². The highest BCUT2D eigenvalue weighted by Gasteiger charge is 2.29. The van der Waals surface area contributed by atoms with Crippen molar-refractivity contribution in [3.8, 4) is 22.3 Å². The number of hydrogen-bond donors (Lipinski definition) is 1. The van der Waals surface area contributed by atoms with Crippen molar-refractivity contribution in [3.05, 3.63) is 72.4 Å². The highest BCUT2D eigenvalue weighted by Crippen LogP contribution is 2.32. The van der Waals surface area contributed by atoms with Crippen LogP contribution in [0, 0.1) is 0 Å². The molecule has 1 aliphatic heterocycles. The van der Waals surface area contributed by atoms with Crippen LogP contribution in [0.15, 0.2) is 66.9 Å². The fraction of sp³-hybridized carbons (Fsp3) is 0.227. The number of alkyl halides is 3. The van der Waals surface area contributed by atoms with E-state index in [0.717, 1.165) is 66.4 Å². The molecule has 6 heteroatoms. The van der Waals surface area contributed by atoms with Gasteiger partial charge in [0, 0.05) is 32.4 Å². The van der Waals surface area contributed by atoms with Gasteiger partial charge in [0.1, 0.15) is 5.82 Å². The first-order valence-corrected chi connectivity index (χ1v) is 9.20. The molecule has 0 bridgehead atoms. The Hall–Kier alpha value is -2.86. The monoisotopic (exact) mass is 383 g/mol. The molecule has 0 saturated carbocycles. The number of benzene rings is 2. The van der Waals surface area contributed by atoms with Crippen LogP contribution in [0.2, 0.25) is 0 Å². The molecule has 4 rings (SSSR count). The molecule has 1 N–H and O–H groups in total. The summed E-state index contributed by atoms with van der Waals surface area (Å²) in [6.07, 6.45) is -2.52. The largest absolute Gasteiger partial charge is 0.416 e. The molecular weight excluding hydrogens is 363 g/mol. The molecule has 28 heavy (non-hydrogen) atoms. The number of anilines is 1. The van der Waals surface area contributed by atoms with Crippen LogP contribution >= 0.6 is 0 Å². The Morgan fingerprint density at radius 1 is 0.786 bits per heavy atom. The summed E-state index contributed by atoms with van der Waals surface area (Å²) < 4.78 is 38.4. The van der Waals surface area contributed by atoms with E-state index in [4.69, 9.17) is 0 Å². The maximum absolute atomic E-state index is 12.8. The van der Waals surface area contributed by atoms with E-state index in [1.165, 1.54) is 12.1 Å². The van der Waals surface area contributed by atoms with Crippen LogP contribution in [0.1, 0.15) is 5.56 Å². The topological polar surface area (TPSA) is 28.2 Å². The van der Waals surface area contributed by atoms with Crippen LogP contribution in [0.5, 0.6) is 0 Å². The van der Waals surface area contributed by atoms with Gasteiger partial charge in [0.15, 0.2) is 0 Å². The van der Waals surface area contributed by atoms with Gasteiger partial charge >= 0.3 is 6.18 Å². The molecule has 3 aromatic rings. The molecule has 1 fully saturated rings. The number of hydrogen-bond acceptors (Lipinski definition) is 3. The van der Waals surface area contributed by atoms with Crippen molar-refractivity contribution in [3.63, 3.8) is 0 Å². The zero-order valence-electron chi connectivity index (χ0n) is 15.2. The van der Waals surface area contributed by atoms with Crippen molar-refractivity contribution in [1.29, 1.82) is 0 Å². The van der Waals surface area contributed by atoms with Gasteiger partial charge in [-0.3, -0.25) is 0 Å². The van der Waals surface area contributed by atoms with Crippen molar-refractivity contribution >= 4 is 5.82 Å². The zero-order chi connectivity index (χ0) is 19.6. The van der Waals surface area contributed by atoms with Gasteiger partial charge < -0.3 is 10.2 Å². The molecule has 0 aliphatic carbocycles. The van der Waals surface area contributed by atoms with E-state index in [9.17, 15) is 13.2 Å². The second-order valence-corrected chi connectivity index (χ2v) is 6.80. The van der Waals surface area contributed by atoms with E-state index in [1.54, 1.807) is 6.20 Å². The van der Waals surface area contributed by atoms with Crippen LogP contribution in [0.25, 0.3) is 22.3 Å². The maximum Gasteiger partial charge on any atom is 0.416 e. The number of rotatable bonds is 3. The molecule has 144 valence electrons. The van der Waals surface area contributed by atoms with Gasteiger partial charge in [-0.2, -0.15) is 13.2 Å². The summed E-state index contributed by atoms with van der Waals surface area (Å²) in [6.45, 7) is 3.72. The van der Waals surface area contributed by atoms with Crippen LogP contribution in [-0.2, 0) is 6.18 Å². The number of pyridine rings is 1. The van der Waals surface area contributed by atoms with Crippen molar-refractivity contribution in [1.82, 2.24) is 10.3 Å². The molecule has 2 aromatic carbocycles. The summed E-state index contributed by atoms with van der Waals surface area (Å²) in [5.41, 5.74) is 3.05. The second-order valence-electron chi connectivity index (χ2n) is 6.80. The summed E-state index contributed by atoms with van der Waals surface area (Å²) in [5, 5.41) is 3.33. The Kier molecular flexibility index (Phi) is 5.05. The Labute approximate surface area is 161 Å². The van der Waals surface area contributed by atoms with E-state index in [2.05, 4.69) is 21.3 Å². The van der Waals surface area contributed by atoms with Crippen LogP contribution in [-0.4, -0.2) is 31.2 Å². The molecule has 0 atom stereocenters. The van der Waals surface area contributed by atoms with E-state index in [1.807, 2.05) is 30.3 Å². The Bertz CT molecular complexity index is 946. The highest BCUT2D eigenvalue weighted by molar-refractivity contribution is 5.74. The lowest BCUT2D eigenvalue weighted by Crippen LogP contribution is -2.43. The van der Waals surface area contributed by atoms with Gasteiger partial charge in [-0.1, -0.05) is 30.3 Å². The lowest BCUT2D eigenvalue weighted by Gasteiger charge is -2.28. The number of aromatic nitrogens is 1. The smallest absolute Gasteiger partial charge is 0.354 e. The third-order valence-corrected chi connectivity index (χ3v) is 4.93. The second kappa shape index (κ2) is 7.64. The van der Waals surface area contributed by atoms with Crippen molar-refractivity contribution in [2.45, 2.75) is 6.18 Å². The lowest BCUT2D eigenvalue weighted by molar-refractivity contribution is -0.137. The van der Waals surface area contributed by atoms with E-state index in [-0.39, 0.29) is 0 Å². The molecule has 0 unspecified atom stereocenters. The third kappa shape index (κ3) is 4.02. The van der Waals surface area contributed by atoms with Gasteiger partial charge in [-0.15, -0.1) is 0 Å². The molecular formula is C22H20F3N3. The molecule has 1 aromatic heterocycles. The van der Waals surface area contributed by atoms with Crippen molar-refractivity contribution < 1.29 is 13.2 Å². The minimum Gasteiger partial charge on any atom is -0.354 e. The maximum atomic E-state index is 12.8. The Balaban J connectivity index is 1.62. The standard InChI is InChI=1S/C22H20F3N3/c23-22(24,25)20-6-4-16(5-7-20)17-2-1-3-18(14-17)19-8-9-27-21(15-19)28-12-10-26-11-13-28/h1-9,14-15,26H,10-13H2. The molecule has 2 heterocycles. The van der Waals surface area contributed by atoms with Crippen LogP contribution in [0.4, 0.5) is 19.0 Å². The zero-order valence-corrected chi connectivity index (χ0v) is 15.2. The first-order chi connectivity index (χ1) is 13.5. The molecule has 3 nitrogen and oxygen atoms in total. The summed E-state index contributed by atoms with van der Waals surface area (Å²) in [4.78, 5) is 6.74. The van der Waals surface area contributed by atoms with E-state index < -0.39 is 11.7 Å². The normalized spacial score (nSPS) is 14.9. The molecule has 1 aliphatic rings. The number of halogens is 3. The van der Waals surface area contributed by atoms with Crippen molar-refractivity contribution in [2.75, 3.05) is 31.1 Å². The number of nitrogens with one attached hydrogen (secondary N) is 1. The average molecular weight is 383 g/mol. The first kappa shape index (κ1) is 18.5. The number of piperazine rings is 1. The highest BCUT2D eigenvalue weighted by atomic mass is 19.4. The lowest BCUT2D eigenvalue weighted by atomic mass is 9.98. The average Bonchev–Trinajstić information content (AvgIpc) is 2.74. The predicted molar refractivity (Wildman–Crippen MR) is 105 cm³/mol. The fourth-order valence-electron chi connectivity index (χ4n) is 3.39. The Morgan fingerprint density at radius 3 is 2.11 bits per heavy atom. The molecule has 1 saturated heterocycles. The van der Waals surface area contributed by atoms with Gasteiger partial charge in [0.25, 0.3) is 0 Å². The summed E-state index contributed by atoms with van der Waals surface area (Å²) in [6, 6.07) is 17.1. The first-order valence-electron chi connectivity index (χ1n) is 9.20. The third-order valence-electron chi connectivity index (χ3n) is 4.93.